The Morgan fingerprint density at radius 3 is 2.38 bits per heavy atom. The second kappa shape index (κ2) is 8.00. The fourth-order valence-electron chi connectivity index (χ4n) is 3.02. The summed E-state index contributed by atoms with van der Waals surface area (Å²) in [7, 11) is 2.10. The third kappa shape index (κ3) is 3.74. The van der Waals surface area contributed by atoms with Crippen LogP contribution in [-0.4, -0.2) is 63.2 Å². The van der Waals surface area contributed by atoms with Crippen molar-refractivity contribution in [3.8, 4) is 0 Å². The number of rotatable bonds is 4. The normalized spacial score (nSPS) is 17.7. The number of nitrogens with zero attached hydrogens (tertiary/aromatic N) is 6. The molecule has 1 aromatic carbocycles. The molecule has 1 saturated heterocycles. The zero-order valence-electron chi connectivity index (χ0n) is 14.3. The van der Waals surface area contributed by atoms with Crippen LogP contribution in [0.25, 0.3) is 0 Å². The van der Waals surface area contributed by atoms with Crippen molar-refractivity contribution in [2.24, 2.45) is 0 Å². The minimum Gasteiger partial charge on any atom is -0.304 e. The largest absolute Gasteiger partial charge is 0.304 e. The van der Waals surface area contributed by atoms with E-state index in [0.29, 0.717) is 11.4 Å². The molecule has 1 aliphatic heterocycles. The summed E-state index contributed by atoms with van der Waals surface area (Å²) in [5, 5.41) is 12.2. The molecule has 3 rings (SSSR count). The van der Waals surface area contributed by atoms with E-state index in [1.807, 2.05) is 26.0 Å². The summed E-state index contributed by atoms with van der Waals surface area (Å²) in [4.78, 5) is 4.54. The molecular weight excluding hydrogens is 331 g/mol. The van der Waals surface area contributed by atoms with Crippen LogP contribution in [0, 0.1) is 5.82 Å². The summed E-state index contributed by atoms with van der Waals surface area (Å²) in [6.45, 7) is 7.69. The van der Waals surface area contributed by atoms with Crippen LogP contribution in [0.3, 0.4) is 0 Å². The molecule has 0 spiro atoms. The molecule has 6 nitrogen and oxygen atoms in total. The molecule has 1 aliphatic rings. The van der Waals surface area contributed by atoms with Crippen LogP contribution in [0.4, 0.5) is 4.39 Å². The van der Waals surface area contributed by atoms with E-state index in [0.717, 1.165) is 26.2 Å². The van der Waals surface area contributed by atoms with Gasteiger partial charge in [-0.2, -0.15) is 0 Å². The molecule has 8 heteroatoms. The lowest BCUT2D eigenvalue weighted by Crippen LogP contribution is -2.47. The molecule has 132 valence electrons. The second-order valence-corrected chi connectivity index (χ2v) is 6.34. The van der Waals surface area contributed by atoms with Gasteiger partial charge in [-0.1, -0.05) is 18.2 Å². The standard InChI is InChI=1S/C16H23FN6.ClH/c1-12(2)23-16(18-19-20-23)15(13-6-4-5-7-14(13)17)22-10-8-21(3)9-11-22;/h4-7,12,15H,8-11H2,1-3H3;1H. The van der Waals surface area contributed by atoms with Crippen molar-refractivity contribution in [2.75, 3.05) is 33.2 Å². The maximum absolute atomic E-state index is 14.5. The first-order chi connectivity index (χ1) is 11.1. The molecule has 2 aromatic rings. The molecule has 1 atom stereocenters. The highest BCUT2D eigenvalue weighted by atomic mass is 35.5. The van der Waals surface area contributed by atoms with Crippen LogP contribution in [-0.2, 0) is 0 Å². The molecular formula is C16H24ClFN6. The van der Waals surface area contributed by atoms with Gasteiger partial charge in [0, 0.05) is 31.7 Å². The van der Waals surface area contributed by atoms with Crippen LogP contribution < -0.4 is 0 Å². The Hall–Kier alpha value is -1.57. The summed E-state index contributed by atoms with van der Waals surface area (Å²) < 4.78 is 16.3. The Kier molecular flexibility index (Phi) is 6.26. The highest BCUT2D eigenvalue weighted by Crippen LogP contribution is 2.30. The Bertz CT molecular complexity index is 654. The molecule has 0 amide bonds. The first kappa shape index (κ1) is 18.8. The maximum Gasteiger partial charge on any atom is 0.173 e. The molecule has 24 heavy (non-hydrogen) atoms. The number of hydrogen-bond acceptors (Lipinski definition) is 5. The van der Waals surface area contributed by atoms with Gasteiger partial charge in [-0.05, 0) is 37.4 Å². The molecule has 0 bridgehead atoms. The lowest BCUT2D eigenvalue weighted by Gasteiger charge is -2.37. The number of piperazine rings is 1. The van der Waals surface area contributed by atoms with Crippen LogP contribution in [0.2, 0.25) is 0 Å². The average Bonchev–Trinajstić information content (AvgIpc) is 3.01. The topological polar surface area (TPSA) is 50.1 Å². The van der Waals surface area contributed by atoms with Crippen molar-refractivity contribution in [1.82, 2.24) is 30.0 Å². The van der Waals surface area contributed by atoms with Gasteiger partial charge in [0.05, 0.1) is 6.04 Å². The Labute approximate surface area is 148 Å². The van der Waals surface area contributed by atoms with E-state index in [2.05, 4.69) is 32.4 Å². The van der Waals surface area contributed by atoms with E-state index >= 15 is 0 Å². The number of tetrazole rings is 1. The third-order valence-corrected chi connectivity index (χ3v) is 4.35. The van der Waals surface area contributed by atoms with Gasteiger partial charge in [0.25, 0.3) is 0 Å². The molecule has 0 saturated carbocycles. The zero-order valence-corrected chi connectivity index (χ0v) is 15.1. The Morgan fingerprint density at radius 1 is 1.08 bits per heavy atom. The van der Waals surface area contributed by atoms with Crippen LogP contribution in [0.1, 0.15) is 37.3 Å². The lowest BCUT2D eigenvalue weighted by atomic mass is 10.0. The quantitative estimate of drug-likeness (QED) is 0.842. The fourth-order valence-corrected chi connectivity index (χ4v) is 3.02. The zero-order chi connectivity index (χ0) is 16.4. The van der Waals surface area contributed by atoms with E-state index in [-0.39, 0.29) is 30.3 Å². The van der Waals surface area contributed by atoms with E-state index < -0.39 is 0 Å². The molecule has 0 aliphatic carbocycles. The van der Waals surface area contributed by atoms with Crippen LogP contribution >= 0.6 is 12.4 Å². The van der Waals surface area contributed by atoms with Crippen molar-refractivity contribution in [1.29, 1.82) is 0 Å². The minimum atomic E-state index is -0.262. The SMILES string of the molecule is CC(C)n1nnnc1C(c1ccccc1F)N1CCN(C)CC1.Cl. The number of benzene rings is 1. The highest BCUT2D eigenvalue weighted by Gasteiger charge is 2.32. The number of hydrogen-bond donors (Lipinski definition) is 0. The first-order valence-corrected chi connectivity index (χ1v) is 8.02. The van der Waals surface area contributed by atoms with E-state index in [9.17, 15) is 4.39 Å². The van der Waals surface area contributed by atoms with E-state index in [4.69, 9.17) is 0 Å². The van der Waals surface area contributed by atoms with Crippen LogP contribution in [0.5, 0.6) is 0 Å². The molecule has 0 radical (unpaired) electrons. The van der Waals surface area contributed by atoms with Gasteiger partial charge in [0.1, 0.15) is 11.9 Å². The van der Waals surface area contributed by atoms with E-state index in [1.54, 1.807) is 10.7 Å². The van der Waals surface area contributed by atoms with Crippen molar-refractivity contribution in [3.05, 3.63) is 41.5 Å². The van der Waals surface area contributed by atoms with Gasteiger partial charge in [-0.3, -0.25) is 4.90 Å². The van der Waals surface area contributed by atoms with Gasteiger partial charge >= 0.3 is 0 Å². The molecule has 1 aromatic heterocycles. The van der Waals surface area contributed by atoms with Gasteiger partial charge in [0.2, 0.25) is 0 Å². The van der Waals surface area contributed by atoms with Gasteiger partial charge in [-0.15, -0.1) is 17.5 Å². The van der Waals surface area contributed by atoms with Crippen molar-refractivity contribution in [2.45, 2.75) is 25.9 Å². The summed E-state index contributed by atoms with van der Waals surface area (Å²) >= 11 is 0. The second-order valence-electron chi connectivity index (χ2n) is 6.34. The summed E-state index contributed by atoms with van der Waals surface area (Å²) in [5.41, 5.74) is 0.633. The summed E-state index contributed by atoms with van der Waals surface area (Å²) in [6, 6.07) is 6.78. The monoisotopic (exact) mass is 354 g/mol. The van der Waals surface area contributed by atoms with Crippen molar-refractivity contribution in [3.63, 3.8) is 0 Å². The molecule has 1 unspecified atom stereocenters. The van der Waals surface area contributed by atoms with Gasteiger partial charge in [0.15, 0.2) is 5.82 Å². The average molecular weight is 355 g/mol. The number of aromatic nitrogens is 4. The predicted octanol–water partition coefficient (Wildman–Crippen LogP) is 2.15. The predicted molar refractivity (Wildman–Crippen MR) is 92.8 cm³/mol. The third-order valence-electron chi connectivity index (χ3n) is 4.35. The summed E-state index contributed by atoms with van der Waals surface area (Å²) in [6.07, 6.45) is 0. The number of halogens is 2. The number of likely N-dealkylation sites (N-methyl/N-ethyl adjacent to an activating group) is 1. The molecule has 0 N–H and O–H groups in total. The van der Waals surface area contributed by atoms with Crippen LogP contribution in [0.15, 0.2) is 24.3 Å². The Morgan fingerprint density at radius 2 is 1.75 bits per heavy atom. The van der Waals surface area contributed by atoms with E-state index in [1.165, 1.54) is 6.07 Å². The fraction of sp³-hybridized carbons (Fsp3) is 0.562. The smallest absolute Gasteiger partial charge is 0.173 e. The summed E-state index contributed by atoms with van der Waals surface area (Å²) in [5.74, 6) is 0.490. The minimum absolute atomic E-state index is 0. The first-order valence-electron chi connectivity index (χ1n) is 8.02. The Balaban J connectivity index is 0.00000208. The van der Waals surface area contributed by atoms with Gasteiger partial charge < -0.3 is 4.90 Å². The maximum atomic E-state index is 14.5. The van der Waals surface area contributed by atoms with Crippen molar-refractivity contribution < 1.29 is 4.39 Å². The molecule has 2 heterocycles. The highest BCUT2D eigenvalue weighted by molar-refractivity contribution is 5.85. The lowest BCUT2D eigenvalue weighted by molar-refractivity contribution is 0.119. The van der Waals surface area contributed by atoms with Gasteiger partial charge in [-0.25, -0.2) is 9.07 Å². The van der Waals surface area contributed by atoms with Crippen molar-refractivity contribution >= 4 is 12.4 Å². The molecule has 1 fully saturated rings.